The number of benzene rings is 1. The SMILES string of the molecule is CCNC(=O)NCCCc1nn(C)c2c1c(=O)c1cc(Cl)ccc1n2O. The third-order valence-electron chi connectivity index (χ3n) is 4.16. The fourth-order valence-corrected chi connectivity index (χ4v) is 3.20. The van der Waals surface area contributed by atoms with Crippen LogP contribution in [0.25, 0.3) is 21.9 Å². The molecule has 0 atom stereocenters. The van der Waals surface area contributed by atoms with E-state index in [1.165, 1.54) is 4.68 Å². The summed E-state index contributed by atoms with van der Waals surface area (Å²) in [6, 6.07) is 4.53. The molecule has 0 unspecified atom stereocenters. The van der Waals surface area contributed by atoms with Gasteiger partial charge in [-0.25, -0.2) is 9.48 Å². The minimum atomic E-state index is -0.225. The van der Waals surface area contributed by atoms with E-state index in [0.29, 0.717) is 58.6 Å². The van der Waals surface area contributed by atoms with Gasteiger partial charge in [-0.05, 0) is 38.0 Å². The minimum Gasteiger partial charge on any atom is -0.426 e. The van der Waals surface area contributed by atoms with Gasteiger partial charge in [-0.15, -0.1) is 0 Å². The van der Waals surface area contributed by atoms with Crippen LogP contribution < -0.4 is 16.1 Å². The van der Waals surface area contributed by atoms with Gasteiger partial charge in [0, 0.05) is 25.2 Å². The van der Waals surface area contributed by atoms with Crippen LogP contribution in [0.15, 0.2) is 23.0 Å². The molecule has 0 spiro atoms. The minimum absolute atomic E-state index is 0.220. The van der Waals surface area contributed by atoms with E-state index < -0.39 is 0 Å². The molecule has 3 aromatic rings. The van der Waals surface area contributed by atoms with Crippen LogP contribution in [0.1, 0.15) is 19.0 Å². The summed E-state index contributed by atoms with van der Waals surface area (Å²) in [7, 11) is 1.67. The third kappa shape index (κ3) is 3.20. The lowest BCUT2D eigenvalue weighted by atomic mass is 10.1. The lowest BCUT2D eigenvalue weighted by molar-refractivity contribution is 0.207. The van der Waals surface area contributed by atoms with Crippen molar-refractivity contribution in [2.24, 2.45) is 7.05 Å². The Morgan fingerprint density at radius 3 is 2.85 bits per heavy atom. The Balaban J connectivity index is 1.96. The van der Waals surface area contributed by atoms with Gasteiger partial charge in [-0.3, -0.25) is 4.79 Å². The molecule has 1 aromatic carbocycles. The molecule has 0 bridgehead atoms. The molecule has 2 amide bonds. The molecule has 0 fully saturated rings. The first-order valence-electron chi connectivity index (χ1n) is 8.34. The van der Waals surface area contributed by atoms with Crippen LogP contribution in [0.4, 0.5) is 4.79 Å². The van der Waals surface area contributed by atoms with Crippen molar-refractivity contribution in [3.05, 3.63) is 39.1 Å². The summed E-state index contributed by atoms with van der Waals surface area (Å²) >= 11 is 6.00. The highest BCUT2D eigenvalue weighted by Gasteiger charge is 2.19. The van der Waals surface area contributed by atoms with Crippen LogP contribution >= 0.6 is 11.6 Å². The Morgan fingerprint density at radius 1 is 1.35 bits per heavy atom. The van der Waals surface area contributed by atoms with Crippen LogP contribution in [0, 0.1) is 0 Å². The number of nitrogens with zero attached hydrogens (tertiary/aromatic N) is 3. The molecule has 26 heavy (non-hydrogen) atoms. The molecule has 3 N–H and O–H groups in total. The molecule has 0 aliphatic carbocycles. The number of hydrogen-bond acceptors (Lipinski definition) is 4. The molecule has 0 radical (unpaired) electrons. The Hall–Kier alpha value is -2.74. The second kappa shape index (κ2) is 7.25. The molecule has 0 aliphatic heterocycles. The van der Waals surface area contributed by atoms with E-state index in [4.69, 9.17) is 11.6 Å². The highest BCUT2D eigenvalue weighted by Crippen LogP contribution is 2.23. The van der Waals surface area contributed by atoms with E-state index in [1.54, 1.807) is 25.2 Å². The van der Waals surface area contributed by atoms with E-state index >= 15 is 0 Å². The van der Waals surface area contributed by atoms with Crippen molar-refractivity contribution in [3.63, 3.8) is 0 Å². The monoisotopic (exact) mass is 377 g/mol. The van der Waals surface area contributed by atoms with Crippen LogP contribution in [-0.2, 0) is 13.5 Å². The van der Waals surface area contributed by atoms with Crippen molar-refractivity contribution in [3.8, 4) is 0 Å². The van der Waals surface area contributed by atoms with Crippen LogP contribution in [0.3, 0.4) is 0 Å². The van der Waals surface area contributed by atoms with Crippen molar-refractivity contribution in [1.29, 1.82) is 0 Å². The lowest BCUT2D eigenvalue weighted by Gasteiger charge is -2.07. The molecule has 0 saturated heterocycles. The summed E-state index contributed by atoms with van der Waals surface area (Å²) in [6.07, 6.45) is 1.10. The first-order valence-corrected chi connectivity index (χ1v) is 8.72. The maximum atomic E-state index is 12.9. The van der Waals surface area contributed by atoms with Gasteiger partial charge in [0.2, 0.25) is 5.43 Å². The van der Waals surface area contributed by atoms with Gasteiger partial charge in [0.15, 0.2) is 5.65 Å². The summed E-state index contributed by atoms with van der Waals surface area (Å²) in [4.78, 5) is 24.3. The summed E-state index contributed by atoms with van der Waals surface area (Å²) in [5, 5.41) is 21.4. The summed E-state index contributed by atoms with van der Waals surface area (Å²) in [5.41, 5.74) is 1.06. The Kier molecular flexibility index (Phi) is 5.03. The molecule has 0 aliphatic rings. The van der Waals surface area contributed by atoms with Crippen molar-refractivity contribution in [2.45, 2.75) is 19.8 Å². The third-order valence-corrected chi connectivity index (χ3v) is 4.40. The number of urea groups is 1. The van der Waals surface area contributed by atoms with E-state index in [0.717, 1.165) is 4.73 Å². The van der Waals surface area contributed by atoms with Gasteiger partial charge in [-0.1, -0.05) is 11.6 Å². The molecule has 3 rings (SSSR count). The molecule has 138 valence electrons. The molecular weight excluding hydrogens is 358 g/mol. The number of amides is 2. The first kappa shape index (κ1) is 18.1. The molecule has 2 heterocycles. The average molecular weight is 378 g/mol. The van der Waals surface area contributed by atoms with Gasteiger partial charge >= 0.3 is 6.03 Å². The quantitative estimate of drug-likeness (QED) is 0.467. The van der Waals surface area contributed by atoms with Gasteiger partial charge in [0.1, 0.15) is 0 Å². The topological polar surface area (TPSA) is 101 Å². The molecule has 0 saturated carbocycles. The smallest absolute Gasteiger partial charge is 0.314 e. The molecular formula is C17H20ClN5O3. The highest BCUT2D eigenvalue weighted by molar-refractivity contribution is 6.31. The van der Waals surface area contributed by atoms with Crippen LogP contribution in [0.5, 0.6) is 0 Å². The second-order valence-corrected chi connectivity index (χ2v) is 6.40. The summed E-state index contributed by atoms with van der Waals surface area (Å²) < 4.78 is 2.45. The number of halogens is 1. The predicted molar refractivity (Wildman–Crippen MR) is 100 cm³/mol. The van der Waals surface area contributed by atoms with Crippen molar-refractivity contribution >= 4 is 39.6 Å². The van der Waals surface area contributed by atoms with Crippen LogP contribution in [-0.4, -0.2) is 38.8 Å². The standard InChI is InChI=1S/C17H20ClN5O3/c1-3-19-17(25)20-8-4-5-12-14-15(24)11-9-10(18)6-7-13(11)23(26)16(14)22(2)21-12/h6-7,9,26H,3-5,8H2,1-2H3,(H2,19,20,25). The Labute approximate surface area is 154 Å². The number of fused-ring (bicyclic) bond motifs is 2. The van der Waals surface area contributed by atoms with Crippen LogP contribution in [0.2, 0.25) is 5.02 Å². The van der Waals surface area contributed by atoms with Gasteiger partial charge in [0.25, 0.3) is 0 Å². The number of nitrogens with one attached hydrogen (secondary N) is 2. The maximum Gasteiger partial charge on any atom is 0.314 e. The van der Waals surface area contributed by atoms with Crippen molar-refractivity contribution in [2.75, 3.05) is 13.1 Å². The zero-order chi connectivity index (χ0) is 18.8. The fraction of sp³-hybridized carbons (Fsp3) is 0.353. The van der Waals surface area contributed by atoms with Crippen molar-refractivity contribution in [1.82, 2.24) is 25.1 Å². The maximum absolute atomic E-state index is 12.9. The van der Waals surface area contributed by atoms with Gasteiger partial charge < -0.3 is 15.8 Å². The zero-order valence-corrected chi connectivity index (χ0v) is 15.3. The number of hydrogen-bond donors (Lipinski definition) is 3. The number of aromatic nitrogens is 3. The molecule has 9 heteroatoms. The number of pyridine rings is 1. The average Bonchev–Trinajstić information content (AvgIpc) is 2.93. The zero-order valence-electron chi connectivity index (χ0n) is 14.5. The van der Waals surface area contributed by atoms with E-state index in [-0.39, 0.29) is 11.5 Å². The number of aryl methyl sites for hydroxylation is 2. The van der Waals surface area contributed by atoms with Gasteiger partial charge in [-0.2, -0.15) is 9.83 Å². The molecule has 2 aromatic heterocycles. The van der Waals surface area contributed by atoms with E-state index in [2.05, 4.69) is 15.7 Å². The summed E-state index contributed by atoms with van der Waals surface area (Å²) in [6.45, 7) is 2.86. The van der Waals surface area contributed by atoms with Gasteiger partial charge in [0.05, 0.1) is 22.0 Å². The molecule has 8 nitrogen and oxygen atoms in total. The summed E-state index contributed by atoms with van der Waals surface area (Å²) in [5.74, 6) is 0. The lowest BCUT2D eigenvalue weighted by Crippen LogP contribution is -2.35. The van der Waals surface area contributed by atoms with Crippen molar-refractivity contribution < 1.29 is 10.0 Å². The predicted octanol–water partition coefficient (Wildman–Crippen LogP) is 2.03. The second-order valence-electron chi connectivity index (χ2n) is 5.96. The fourth-order valence-electron chi connectivity index (χ4n) is 3.02. The first-order chi connectivity index (χ1) is 12.4. The normalized spacial score (nSPS) is 11.2. The Morgan fingerprint density at radius 2 is 2.12 bits per heavy atom. The Bertz CT molecular complexity index is 1040. The van der Waals surface area contributed by atoms with E-state index in [1.807, 2.05) is 6.92 Å². The van der Waals surface area contributed by atoms with E-state index in [9.17, 15) is 14.8 Å². The number of rotatable bonds is 5. The number of carbonyl (C=O) groups excluding carboxylic acids is 1. The largest absolute Gasteiger partial charge is 0.426 e. The highest BCUT2D eigenvalue weighted by atomic mass is 35.5. The number of carbonyl (C=O) groups is 1.